The van der Waals surface area contributed by atoms with Gasteiger partial charge in [-0.1, -0.05) is 18.2 Å². The number of hydrogen-bond donors (Lipinski definition) is 1. The monoisotopic (exact) mass is 277 g/mol. The molecule has 0 aliphatic carbocycles. The minimum atomic E-state index is -0.883. The first-order valence-electron chi connectivity index (χ1n) is 6.46. The lowest BCUT2D eigenvalue weighted by Gasteiger charge is -2.21. The van der Waals surface area contributed by atoms with Gasteiger partial charge in [0.15, 0.2) is 0 Å². The molecule has 20 heavy (non-hydrogen) atoms. The van der Waals surface area contributed by atoms with Crippen molar-refractivity contribution in [2.75, 3.05) is 6.54 Å². The van der Waals surface area contributed by atoms with Gasteiger partial charge in [0.1, 0.15) is 5.82 Å². The Hall–Kier alpha value is -2.17. The van der Waals surface area contributed by atoms with Crippen molar-refractivity contribution in [2.24, 2.45) is 5.92 Å². The van der Waals surface area contributed by atoms with Gasteiger partial charge in [0, 0.05) is 24.2 Å². The van der Waals surface area contributed by atoms with Crippen molar-refractivity contribution < 1.29 is 19.1 Å². The molecule has 0 aromatic heterocycles. The third-order valence-corrected chi connectivity index (χ3v) is 3.67. The van der Waals surface area contributed by atoms with Crippen LogP contribution in [0, 0.1) is 11.7 Å². The van der Waals surface area contributed by atoms with Crippen LogP contribution >= 0.6 is 0 Å². The molecule has 1 fully saturated rings. The van der Waals surface area contributed by atoms with E-state index in [1.807, 2.05) is 0 Å². The third kappa shape index (κ3) is 2.87. The summed E-state index contributed by atoms with van der Waals surface area (Å²) in [5, 5.41) is 9.02. The molecule has 0 radical (unpaired) electrons. The summed E-state index contributed by atoms with van der Waals surface area (Å²) in [4.78, 5) is 24.5. The number of rotatable bonds is 3. The van der Waals surface area contributed by atoms with E-state index in [0.717, 1.165) is 0 Å². The van der Waals surface area contributed by atoms with E-state index >= 15 is 0 Å². The quantitative estimate of drug-likeness (QED) is 0.861. The lowest BCUT2D eigenvalue weighted by Crippen LogP contribution is -2.36. The molecular formula is C15H16FNO3. The Balaban J connectivity index is 2.06. The number of carbonyl (C=O) groups excluding carboxylic acids is 1. The third-order valence-electron chi connectivity index (χ3n) is 3.67. The second-order valence-electron chi connectivity index (χ2n) is 4.86. The summed E-state index contributed by atoms with van der Waals surface area (Å²) in [5.74, 6) is -2.09. The van der Waals surface area contributed by atoms with Crippen molar-refractivity contribution in [3.63, 3.8) is 0 Å². The molecule has 4 nitrogen and oxygen atoms in total. The number of carboxylic acid groups (broad SMARTS) is 1. The van der Waals surface area contributed by atoms with Crippen LogP contribution in [0.5, 0.6) is 0 Å². The minimum Gasteiger partial charge on any atom is -0.481 e. The zero-order valence-electron chi connectivity index (χ0n) is 11.1. The Labute approximate surface area is 116 Å². The van der Waals surface area contributed by atoms with E-state index in [-0.39, 0.29) is 11.9 Å². The first-order chi connectivity index (χ1) is 9.50. The highest BCUT2D eigenvalue weighted by molar-refractivity contribution is 5.92. The molecule has 106 valence electrons. The van der Waals surface area contributed by atoms with Crippen LogP contribution in [-0.4, -0.2) is 34.5 Å². The van der Waals surface area contributed by atoms with Crippen molar-refractivity contribution in [3.05, 3.63) is 41.7 Å². The highest BCUT2D eigenvalue weighted by atomic mass is 19.1. The highest BCUT2D eigenvalue weighted by Gasteiger charge is 2.37. The normalized spacial score (nSPS) is 22.4. The topological polar surface area (TPSA) is 57.6 Å². The van der Waals surface area contributed by atoms with Gasteiger partial charge in [-0.05, 0) is 25.5 Å². The molecule has 1 aromatic rings. The molecule has 1 aliphatic heterocycles. The van der Waals surface area contributed by atoms with Gasteiger partial charge in [-0.15, -0.1) is 0 Å². The number of benzene rings is 1. The van der Waals surface area contributed by atoms with Crippen LogP contribution in [-0.2, 0) is 9.59 Å². The van der Waals surface area contributed by atoms with E-state index in [2.05, 4.69) is 0 Å². The summed E-state index contributed by atoms with van der Waals surface area (Å²) in [7, 11) is 0. The largest absolute Gasteiger partial charge is 0.481 e. The maximum atomic E-state index is 13.4. The standard InChI is InChI=1S/C15H16FNO3/c1-10-12(15(19)20)8-9-17(10)14(18)7-6-11-4-2-3-5-13(11)16/h2-7,10,12H,8-9H2,1H3,(H,19,20). The number of halogens is 1. The van der Waals surface area contributed by atoms with Crippen molar-refractivity contribution in [1.29, 1.82) is 0 Å². The molecule has 1 aliphatic rings. The smallest absolute Gasteiger partial charge is 0.308 e. The SMILES string of the molecule is CC1C(C(=O)O)CCN1C(=O)C=Cc1ccccc1F. The van der Waals surface area contributed by atoms with Crippen LogP contribution in [0.4, 0.5) is 4.39 Å². The lowest BCUT2D eigenvalue weighted by atomic mass is 10.0. The molecule has 1 amide bonds. The Kier molecular flexibility index (Phi) is 4.17. The number of amides is 1. The zero-order valence-corrected chi connectivity index (χ0v) is 11.1. The average molecular weight is 277 g/mol. The van der Waals surface area contributed by atoms with Crippen LogP contribution in [0.2, 0.25) is 0 Å². The fraction of sp³-hybridized carbons (Fsp3) is 0.333. The fourth-order valence-corrected chi connectivity index (χ4v) is 2.45. The first kappa shape index (κ1) is 14.2. The van der Waals surface area contributed by atoms with E-state index in [9.17, 15) is 14.0 Å². The molecule has 5 heteroatoms. The molecule has 2 atom stereocenters. The fourth-order valence-electron chi connectivity index (χ4n) is 2.45. The predicted molar refractivity (Wildman–Crippen MR) is 72.4 cm³/mol. The molecule has 1 heterocycles. The maximum absolute atomic E-state index is 13.4. The van der Waals surface area contributed by atoms with E-state index < -0.39 is 17.7 Å². The van der Waals surface area contributed by atoms with Gasteiger partial charge in [0.2, 0.25) is 5.91 Å². The van der Waals surface area contributed by atoms with Crippen LogP contribution in [0.1, 0.15) is 18.9 Å². The Bertz CT molecular complexity index is 556. The van der Waals surface area contributed by atoms with Crippen LogP contribution in [0.25, 0.3) is 6.08 Å². The van der Waals surface area contributed by atoms with Gasteiger partial charge in [-0.3, -0.25) is 9.59 Å². The highest BCUT2D eigenvalue weighted by Crippen LogP contribution is 2.24. The van der Waals surface area contributed by atoms with Crippen LogP contribution in [0.3, 0.4) is 0 Å². The van der Waals surface area contributed by atoms with Gasteiger partial charge < -0.3 is 10.0 Å². The van der Waals surface area contributed by atoms with E-state index in [4.69, 9.17) is 5.11 Å². The van der Waals surface area contributed by atoms with Crippen molar-refractivity contribution in [3.8, 4) is 0 Å². The number of carboxylic acids is 1. The molecule has 2 unspecified atom stereocenters. The lowest BCUT2D eigenvalue weighted by molar-refractivity contribution is -0.142. The van der Waals surface area contributed by atoms with Gasteiger partial charge in [0.25, 0.3) is 0 Å². The Morgan fingerprint density at radius 1 is 1.40 bits per heavy atom. The molecule has 0 saturated carbocycles. The van der Waals surface area contributed by atoms with Crippen molar-refractivity contribution in [1.82, 2.24) is 4.90 Å². The summed E-state index contributed by atoms with van der Waals surface area (Å²) in [6.45, 7) is 2.14. The molecule has 2 rings (SSSR count). The van der Waals surface area contributed by atoms with Gasteiger partial charge >= 0.3 is 5.97 Å². The molecule has 1 aromatic carbocycles. The van der Waals surface area contributed by atoms with Gasteiger partial charge in [-0.25, -0.2) is 4.39 Å². The Morgan fingerprint density at radius 3 is 2.70 bits per heavy atom. The molecule has 1 saturated heterocycles. The number of hydrogen-bond acceptors (Lipinski definition) is 2. The van der Waals surface area contributed by atoms with E-state index in [1.165, 1.54) is 23.1 Å². The number of aliphatic carboxylic acids is 1. The van der Waals surface area contributed by atoms with Gasteiger partial charge in [-0.2, -0.15) is 0 Å². The molecule has 0 spiro atoms. The summed E-state index contributed by atoms with van der Waals surface area (Å²) < 4.78 is 13.4. The second-order valence-corrected chi connectivity index (χ2v) is 4.86. The predicted octanol–water partition coefficient (Wildman–Crippen LogP) is 2.16. The van der Waals surface area contributed by atoms with Crippen LogP contribution < -0.4 is 0 Å². The Morgan fingerprint density at radius 2 is 2.10 bits per heavy atom. The second kappa shape index (κ2) is 5.86. The van der Waals surface area contributed by atoms with E-state index in [1.54, 1.807) is 25.1 Å². The minimum absolute atomic E-state index is 0.287. The summed E-state index contributed by atoms with van der Waals surface area (Å²) in [6.07, 6.45) is 3.16. The van der Waals surface area contributed by atoms with Gasteiger partial charge in [0.05, 0.1) is 5.92 Å². The number of likely N-dealkylation sites (tertiary alicyclic amines) is 1. The van der Waals surface area contributed by atoms with Crippen molar-refractivity contribution >= 4 is 18.0 Å². The van der Waals surface area contributed by atoms with E-state index in [0.29, 0.717) is 18.5 Å². The first-order valence-corrected chi connectivity index (χ1v) is 6.46. The summed E-state index contributed by atoms with van der Waals surface area (Å²) in [6, 6.07) is 5.82. The summed E-state index contributed by atoms with van der Waals surface area (Å²) >= 11 is 0. The summed E-state index contributed by atoms with van der Waals surface area (Å²) in [5.41, 5.74) is 0.336. The van der Waals surface area contributed by atoms with Crippen molar-refractivity contribution in [2.45, 2.75) is 19.4 Å². The zero-order chi connectivity index (χ0) is 14.7. The molecule has 0 bridgehead atoms. The van der Waals surface area contributed by atoms with Crippen LogP contribution in [0.15, 0.2) is 30.3 Å². The molecular weight excluding hydrogens is 261 g/mol. The number of carbonyl (C=O) groups is 2. The average Bonchev–Trinajstić information content (AvgIpc) is 2.79. The molecule has 1 N–H and O–H groups in total. The maximum Gasteiger partial charge on any atom is 0.308 e. The number of nitrogens with zero attached hydrogens (tertiary/aromatic N) is 1.